The summed E-state index contributed by atoms with van der Waals surface area (Å²) in [5.74, 6) is 2.94. The number of Topliss-reactive ketones (excluding diaryl/α,β-unsaturated/α-hetero) is 1. The van der Waals surface area contributed by atoms with Crippen LogP contribution in [0.15, 0.2) is 41.5 Å². The first-order valence-electron chi connectivity index (χ1n) is 15.9. The molecule has 0 aliphatic heterocycles. The molecule has 0 amide bonds. The molecule has 8 atom stereocenters. The average molecular weight is 516 g/mol. The van der Waals surface area contributed by atoms with Crippen LogP contribution in [0, 0.1) is 50.7 Å². The summed E-state index contributed by atoms with van der Waals surface area (Å²) in [7, 11) is 0. The molecule has 6 rings (SSSR count). The zero-order valence-electron chi connectivity index (χ0n) is 25.5. The van der Waals surface area contributed by atoms with Crippen molar-refractivity contribution >= 4 is 11.5 Å². The quantitative estimate of drug-likeness (QED) is 0.434. The van der Waals surface area contributed by atoms with E-state index in [2.05, 4.69) is 91.0 Å². The van der Waals surface area contributed by atoms with Crippen molar-refractivity contribution in [3.05, 3.63) is 41.5 Å². The summed E-state index contributed by atoms with van der Waals surface area (Å²) in [6.07, 6.45) is 11.2. The molecule has 4 saturated carbocycles. The summed E-state index contributed by atoms with van der Waals surface area (Å²) >= 11 is 0. The molecular weight excluding hydrogens is 462 g/mol. The number of hydrogen-bond donors (Lipinski definition) is 1. The minimum atomic E-state index is 0.119. The van der Waals surface area contributed by atoms with Crippen LogP contribution in [0.3, 0.4) is 0 Å². The fraction of sp³-hybridized carbons (Fsp3) is 0.750. The molecule has 0 saturated heterocycles. The predicted octanol–water partition coefficient (Wildman–Crippen LogP) is 9.47. The van der Waals surface area contributed by atoms with Gasteiger partial charge in [-0.25, -0.2) is 0 Å². The number of para-hydroxylation sites is 1. The fourth-order valence-electron chi connectivity index (χ4n) is 11.9. The molecule has 5 aliphatic carbocycles. The first kappa shape index (κ1) is 26.6. The summed E-state index contributed by atoms with van der Waals surface area (Å²) in [5, 5.41) is 3.97. The van der Waals surface area contributed by atoms with Gasteiger partial charge in [0.05, 0.1) is 0 Å². The molecule has 1 aromatic carbocycles. The maximum Gasteiger partial charge on any atom is 0.159 e. The molecule has 1 aromatic rings. The largest absolute Gasteiger partial charge is 0.382 e. The van der Waals surface area contributed by atoms with Gasteiger partial charge in [-0.3, -0.25) is 4.79 Å². The van der Waals surface area contributed by atoms with Gasteiger partial charge in [0.15, 0.2) is 5.78 Å². The van der Waals surface area contributed by atoms with Crippen LogP contribution in [-0.2, 0) is 4.79 Å². The second-order valence-corrected chi connectivity index (χ2v) is 16.2. The standard InChI is InChI=1S/C36H53NO/c1-23(2)30-26(38)22-33(5)20-21-35(7)25(31(30)33)14-15-28-34(6)18-17-29(37-24-12-10-9-11-13-24)32(3,4)27(34)16-19-36(28,35)8/h9-13,23,25,27-29,37H,14-22H2,1-8H3/t25-,27+,28-,29?,33+,34+,35-,36-/m1/s1. The lowest BCUT2D eigenvalue weighted by atomic mass is 9.33. The first-order valence-corrected chi connectivity index (χ1v) is 15.9. The van der Waals surface area contributed by atoms with Crippen molar-refractivity contribution in [2.24, 2.45) is 50.7 Å². The highest BCUT2D eigenvalue weighted by Gasteiger charge is 2.69. The van der Waals surface area contributed by atoms with Gasteiger partial charge < -0.3 is 5.32 Å². The molecule has 1 N–H and O–H groups in total. The highest BCUT2D eigenvalue weighted by atomic mass is 16.1. The van der Waals surface area contributed by atoms with Crippen LogP contribution in [0.1, 0.15) is 113 Å². The normalized spacial score (nSPS) is 45.8. The Morgan fingerprint density at radius 1 is 0.789 bits per heavy atom. The van der Waals surface area contributed by atoms with Gasteiger partial charge in [-0.1, -0.05) is 79.2 Å². The number of allylic oxidation sites excluding steroid dienone is 2. The van der Waals surface area contributed by atoms with E-state index in [1.54, 1.807) is 5.57 Å². The summed E-state index contributed by atoms with van der Waals surface area (Å²) in [6.45, 7) is 20.2. The second kappa shape index (κ2) is 8.47. The van der Waals surface area contributed by atoms with Crippen LogP contribution in [0.5, 0.6) is 0 Å². The molecule has 2 nitrogen and oxygen atoms in total. The highest BCUT2D eigenvalue weighted by molar-refractivity contribution is 6.00. The van der Waals surface area contributed by atoms with Crippen molar-refractivity contribution in [1.82, 2.24) is 0 Å². The first-order chi connectivity index (χ1) is 17.8. The highest BCUT2D eigenvalue weighted by Crippen LogP contribution is 2.76. The number of fused-ring (bicyclic) bond motifs is 7. The van der Waals surface area contributed by atoms with Crippen molar-refractivity contribution in [2.75, 3.05) is 5.32 Å². The molecule has 2 heteroatoms. The average Bonchev–Trinajstić information content (AvgIpc) is 3.12. The van der Waals surface area contributed by atoms with Crippen LogP contribution < -0.4 is 5.32 Å². The van der Waals surface area contributed by atoms with E-state index >= 15 is 0 Å². The lowest BCUT2D eigenvalue weighted by Crippen LogP contribution is -2.66. The van der Waals surface area contributed by atoms with Crippen molar-refractivity contribution in [3.63, 3.8) is 0 Å². The van der Waals surface area contributed by atoms with E-state index in [0.717, 1.165) is 18.3 Å². The van der Waals surface area contributed by atoms with E-state index in [9.17, 15) is 4.79 Å². The van der Waals surface area contributed by atoms with Gasteiger partial charge in [0.2, 0.25) is 0 Å². The predicted molar refractivity (Wildman–Crippen MR) is 159 cm³/mol. The van der Waals surface area contributed by atoms with Gasteiger partial charge in [0, 0.05) is 18.2 Å². The molecule has 0 bridgehead atoms. The van der Waals surface area contributed by atoms with Gasteiger partial charge in [-0.05, 0) is 120 Å². The molecule has 1 unspecified atom stereocenters. The minimum absolute atomic E-state index is 0.119. The van der Waals surface area contributed by atoms with Crippen LogP contribution in [0.2, 0.25) is 0 Å². The molecule has 4 fully saturated rings. The SMILES string of the molecule is CC(C)C1=C2[C@H]3CC[C@@H]4[C@@]5(C)CCC(Nc6ccccc6)C(C)(C)[C@@H]5CC[C@@]4(C)[C@]3(C)CC[C@@]2(C)CC1=O. The summed E-state index contributed by atoms with van der Waals surface area (Å²) in [6, 6.07) is 11.4. The number of anilines is 1. The molecule has 0 heterocycles. The molecule has 5 aliphatic rings. The van der Waals surface area contributed by atoms with Gasteiger partial charge in [0.1, 0.15) is 0 Å². The van der Waals surface area contributed by atoms with Gasteiger partial charge in [0.25, 0.3) is 0 Å². The molecule has 0 radical (unpaired) electrons. The zero-order valence-corrected chi connectivity index (χ0v) is 25.5. The lowest BCUT2D eigenvalue weighted by molar-refractivity contribution is -0.213. The maximum absolute atomic E-state index is 13.3. The number of rotatable bonds is 3. The Hall–Kier alpha value is -1.57. The summed E-state index contributed by atoms with van der Waals surface area (Å²) < 4.78 is 0. The van der Waals surface area contributed by atoms with Crippen LogP contribution in [0.25, 0.3) is 0 Å². The molecule has 38 heavy (non-hydrogen) atoms. The number of hydrogen-bond acceptors (Lipinski definition) is 2. The topological polar surface area (TPSA) is 29.1 Å². The third kappa shape index (κ3) is 3.40. The number of ketones is 1. The van der Waals surface area contributed by atoms with Crippen molar-refractivity contribution in [1.29, 1.82) is 0 Å². The van der Waals surface area contributed by atoms with E-state index in [1.165, 1.54) is 62.6 Å². The van der Waals surface area contributed by atoms with Crippen LogP contribution in [-0.4, -0.2) is 11.8 Å². The monoisotopic (exact) mass is 515 g/mol. The van der Waals surface area contributed by atoms with E-state index < -0.39 is 0 Å². The van der Waals surface area contributed by atoms with E-state index in [4.69, 9.17) is 0 Å². The Balaban J connectivity index is 1.35. The Morgan fingerprint density at radius 2 is 1.50 bits per heavy atom. The summed E-state index contributed by atoms with van der Waals surface area (Å²) in [4.78, 5) is 13.3. The molecule has 0 spiro atoms. The van der Waals surface area contributed by atoms with Crippen LogP contribution in [0.4, 0.5) is 5.69 Å². The Morgan fingerprint density at radius 3 is 2.18 bits per heavy atom. The second-order valence-electron chi connectivity index (χ2n) is 16.2. The number of carbonyl (C=O) groups excluding carboxylic acids is 1. The Bertz CT molecular complexity index is 1150. The zero-order chi connectivity index (χ0) is 27.3. The van der Waals surface area contributed by atoms with Crippen molar-refractivity contribution < 1.29 is 4.79 Å². The number of carbonyl (C=O) groups is 1. The molecule has 208 valence electrons. The van der Waals surface area contributed by atoms with Gasteiger partial charge in [-0.15, -0.1) is 0 Å². The van der Waals surface area contributed by atoms with Gasteiger partial charge in [-0.2, -0.15) is 0 Å². The third-order valence-corrected chi connectivity index (χ3v) is 13.9. The van der Waals surface area contributed by atoms with E-state index in [1.807, 2.05) is 0 Å². The fourth-order valence-corrected chi connectivity index (χ4v) is 11.9. The van der Waals surface area contributed by atoms with Crippen molar-refractivity contribution in [2.45, 2.75) is 119 Å². The van der Waals surface area contributed by atoms with E-state index in [0.29, 0.717) is 39.9 Å². The Kier molecular flexibility index (Phi) is 5.94. The number of nitrogens with one attached hydrogen (secondary N) is 1. The number of benzene rings is 1. The summed E-state index contributed by atoms with van der Waals surface area (Å²) in [5.41, 5.74) is 5.54. The molecule has 0 aromatic heterocycles. The Labute approximate surface area is 232 Å². The molecular formula is C36H53NO. The lowest BCUT2D eigenvalue weighted by Gasteiger charge is -2.72. The third-order valence-electron chi connectivity index (χ3n) is 13.9. The van der Waals surface area contributed by atoms with E-state index in [-0.39, 0.29) is 10.8 Å². The van der Waals surface area contributed by atoms with Crippen LogP contribution >= 0.6 is 0 Å². The van der Waals surface area contributed by atoms with Crippen molar-refractivity contribution in [3.8, 4) is 0 Å². The van der Waals surface area contributed by atoms with Gasteiger partial charge >= 0.3 is 0 Å². The maximum atomic E-state index is 13.3. The minimum Gasteiger partial charge on any atom is -0.382 e. The smallest absolute Gasteiger partial charge is 0.159 e.